The number of aliphatic hydroxyl groups is 1. The van der Waals surface area contributed by atoms with Crippen LogP contribution in [0.3, 0.4) is 0 Å². The van der Waals surface area contributed by atoms with Gasteiger partial charge in [0.2, 0.25) is 11.8 Å². The summed E-state index contributed by atoms with van der Waals surface area (Å²) in [6.45, 7) is 3.82. The zero-order valence-corrected chi connectivity index (χ0v) is 16.8. The van der Waals surface area contributed by atoms with Crippen LogP contribution in [0.1, 0.15) is 52.4 Å². The second-order valence-electron chi connectivity index (χ2n) is 9.43. The molecule has 0 radical (unpaired) electrons. The van der Waals surface area contributed by atoms with Gasteiger partial charge in [-0.15, -0.1) is 0 Å². The molecular weight excluding hydrogens is 354 g/mol. The van der Waals surface area contributed by atoms with Gasteiger partial charge in [0.1, 0.15) is 0 Å². The lowest BCUT2D eigenvalue weighted by Crippen LogP contribution is -2.61. The van der Waals surface area contributed by atoms with E-state index in [1.165, 1.54) is 13.3 Å². The zero-order chi connectivity index (χ0) is 19.9. The molecule has 4 N–H and O–H groups in total. The van der Waals surface area contributed by atoms with E-state index in [1.54, 1.807) is 12.1 Å². The van der Waals surface area contributed by atoms with Gasteiger partial charge in [-0.3, -0.25) is 9.59 Å². The zero-order valence-electron chi connectivity index (χ0n) is 16.8. The Labute approximate surface area is 166 Å². The fourth-order valence-electron chi connectivity index (χ4n) is 6.34. The standard InChI is InChI=1S/C22H31N3O3/c1-14(21-8-16-7-17(9-21)11-22(28,10-16)13-21)23-12-20(27)25-19-6-4-3-5-18(19)24-15(2)26/h3-6,14,16-17,23,28H,7-13H2,1-2H3,(H,24,26)(H,25,27)/t14-,16-,17+,21?,22?/m0/s1. The Morgan fingerprint density at radius 3 is 2.29 bits per heavy atom. The third-order valence-corrected chi connectivity index (χ3v) is 7.07. The van der Waals surface area contributed by atoms with E-state index in [-0.39, 0.29) is 29.8 Å². The number of para-hydroxylation sites is 2. The molecule has 6 nitrogen and oxygen atoms in total. The van der Waals surface area contributed by atoms with Crippen LogP contribution in [0.2, 0.25) is 0 Å². The molecule has 0 heterocycles. The van der Waals surface area contributed by atoms with Gasteiger partial charge in [0.05, 0.1) is 23.5 Å². The summed E-state index contributed by atoms with van der Waals surface area (Å²) >= 11 is 0. The highest BCUT2D eigenvalue weighted by atomic mass is 16.3. The number of anilines is 2. The molecule has 4 aliphatic rings. The largest absolute Gasteiger partial charge is 0.390 e. The van der Waals surface area contributed by atoms with Crippen LogP contribution in [0.25, 0.3) is 0 Å². The van der Waals surface area contributed by atoms with E-state index in [0.29, 0.717) is 23.2 Å². The van der Waals surface area contributed by atoms with Crippen molar-refractivity contribution in [2.45, 2.75) is 64.0 Å². The highest BCUT2D eigenvalue weighted by Crippen LogP contribution is 2.62. The third-order valence-electron chi connectivity index (χ3n) is 7.07. The van der Waals surface area contributed by atoms with Gasteiger partial charge >= 0.3 is 0 Å². The Morgan fingerprint density at radius 2 is 1.71 bits per heavy atom. The van der Waals surface area contributed by atoms with E-state index < -0.39 is 5.60 Å². The van der Waals surface area contributed by atoms with Crippen LogP contribution in [0.4, 0.5) is 11.4 Å². The summed E-state index contributed by atoms with van der Waals surface area (Å²) in [4.78, 5) is 23.9. The molecular formula is C22H31N3O3. The van der Waals surface area contributed by atoms with E-state index in [1.807, 2.05) is 12.1 Å². The highest BCUT2D eigenvalue weighted by Gasteiger charge is 2.58. The van der Waals surface area contributed by atoms with Gasteiger partial charge in [0.25, 0.3) is 0 Å². The Morgan fingerprint density at radius 1 is 1.11 bits per heavy atom. The first kappa shape index (κ1) is 19.4. The van der Waals surface area contributed by atoms with E-state index in [9.17, 15) is 14.7 Å². The Bertz CT molecular complexity index is 764. The first-order chi connectivity index (χ1) is 13.3. The van der Waals surface area contributed by atoms with E-state index in [4.69, 9.17) is 0 Å². The summed E-state index contributed by atoms with van der Waals surface area (Å²) in [7, 11) is 0. The molecule has 2 amide bonds. The van der Waals surface area contributed by atoms with Crippen LogP contribution < -0.4 is 16.0 Å². The minimum Gasteiger partial charge on any atom is -0.390 e. The lowest BCUT2D eigenvalue weighted by atomic mass is 9.46. The second-order valence-corrected chi connectivity index (χ2v) is 9.43. The lowest BCUT2D eigenvalue weighted by Gasteiger charge is -2.62. The monoisotopic (exact) mass is 385 g/mol. The number of carbonyl (C=O) groups excluding carboxylic acids is 2. The van der Waals surface area contributed by atoms with Crippen molar-refractivity contribution in [3.63, 3.8) is 0 Å². The molecule has 6 heteroatoms. The van der Waals surface area contributed by atoms with Gasteiger partial charge in [-0.1, -0.05) is 12.1 Å². The number of hydrogen-bond acceptors (Lipinski definition) is 4. The number of rotatable bonds is 6. The highest BCUT2D eigenvalue weighted by molar-refractivity contribution is 5.99. The molecule has 2 unspecified atom stereocenters. The fourth-order valence-corrected chi connectivity index (χ4v) is 6.34. The van der Waals surface area contributed by atoms with Crippen LogP contribution in [0.15, 0.2) is 24.3 Å². The normalized spacial score (nSPS) is 34.1. The Balaban J connectivity index is 1.36. The van der Waals surface area contributed by atoms with E-state index >= 15 is 0 Å². The van der Waals surface area contributed by atoms with Crippen molar-refractivity contribution in [1.29, 1.82) is 0 Å². The summed E-state index contributed by atoms with van der Waals surface area (Å²) in [5.41, 5.74) is 0.813. The molecule has 4 saturated carbocycles. The summed E-state index contributed by atoms with van der Waals surface area (Å²) in [6, 6.07) is 7.37. The van der Waals surface area contributed by atoms with Crippen molar-refractivity contribution < 1.29 is 14.7 Å². The SMILES string of the molecule is CC(=O)Nc1ccccc1NC(=O)CN[C@@H](C)C12C[C@@H]3C[C@@H](CC(O)(C3)C1)C2. The third kappa shape index (κ3) is 3.80. The lowest BCUT2D eigenvalue weighted by molar-refractivity contribution is -0.171. The quantitative estimate of drug-likeness (QED) is 0.606. The van der Waals surface area contributed by atoms with Crippen molar-refractivity contribution in [2.75, 3.05) is 17.2 Å². The van der Waals surface area contributed by atoms with Gasteiger partial charge in [-0.2, -0.15) is 0 Å². The maximum Gasteiger partial charge on any atom is 0.238 e. The van der Waals surface area contributed by atoms with Crippen molar-refractivity contribution in [3.05, 3.63) is 24.3 Å². The predicted octanol–water partition coefficient (Wildman–Crippen LogP) is 2.89. The minimum absolute atomic E-state index is 0.104. The maximum absolute atomic E-state index is 12.5. The van der Waals surface area contributed by atoms with Crippen molar-refractivity contribution in [2.24, 2.45) is 17.3 Å². The Hall–Kier alpha value is -1.92. The van der Waals surface area contributed by atoms with Crippen LogP contribution in [-0.2, 0) is 9.59 Å². The molecule has 5 atom stereocenters. The molecule has 152 valence electrons. The van der Waals surface area contributed by atoms with Gasteiger partial charge < -0.3 is 21.1 Å². The van der Waals surface area contributed by atoms with Gasteiger partial charge in [-0.25, -0.2) is 0 Å². The average molecular weight is 386 g/mol. The Kier molecular flexibility index (Phi) is 4.96. The number of hydrogen-bond donors (Lipinski definition) is 4. The average Bonchev–Trinajstić information content (AvgIpc) is 2.59. The van der Waals surface area contributed by atoms with Crippen LogP contribution >= 0.6 is 0 Å². The summed E-state index contributed by atoms with van der Waals surface area (Å²) in [5.74, 6) is 0.962. The summed E-state index contributed by atoms with van der Waals surface area (Å²) in [6.07, 6.45) is 6.35. The van der Waals surface area contributed by atoms with Crippen LogP contribution in [0.5, 0.6) is 0 Å². The van der Waals surface area contributed by atoms with Crippen LogP contribution in [0, 0.1) is 17.3 Å². The first-order valence-corrected chi connectivity index (χ1v) is 10.4. The number of nitrogens with one attached hydrogen (secondary N) is 3. The fraction of sp³-hybridized carbons (Fsp3) is 0.636. The first-order valence-electron chi connectivity index (χ1n) is 10.4. The van der Waals surface area contributed by atoms with Gasteiger partial charge in [-0.05, 0) is 74.8 Å². The van der Waals surface area contributed by atoms with Crippen LogP contribution in [-0.4, -0.2) is 35.1 Å². The molecule has 0 aliphatic heterocycles. The molecule has 0 spiro atoms. The molecule has 1 aromatic carbocycles. The van der Waals surface area contributed by atoms with Crippen molar-refractivity contribution in [1.82, 2.24) is 5.32 Å². The molecule has 0 aromatic heterocycles. The van der Waals surface area contributed by atoms with E-state index in [0.717, 1.165) is 32.1 Å². The molecule has 4 bridgehead atoms. The molecule has 1 aromatic rings. The minimum atomic E-state index is -0.487. The maximum atomic E-state index is 12.5. The van der Waals surface area contributed by atoms with E-state index in [2.05, 4.69) is 22.9 Å². The van der Waals surface area contributed by atoms with Crippen molar-refractivity contribution >= 4 is 23.2 Å². The topological polar surface area (TPSA) is 90.5 Å². The molecule has 0 saturated heterocycles. The second kappa shape index (κ2) is 7.16. The molecule has 4 fully saturated rings. The summed E-state index contributed by atoms with van der Waals surface area (Å²) in [5, 5.41) is 20.0. The molecule has 4 aliphatic carbocycles. The smallest absolute Gasteiger partial charge is 0.238 e. The van der Waals surface area contributed by atoms with Crippen molar-refractivity contribution in [3.8, 4) is 0 Å². The molecule has 5 rings (SSSR count). The van der Waals surface area contributed by atoms with Gasteiger partial charge in [0.15, 0.2) is 0 Å². The number of amides is 2. The summed E-state index contributed by atoms with van der Waals surface area (Å²) < 4.78 is 0. The van der Waals surface area contributed by atoms with Gasteiger partial charge in [0, 0.05) is 13.0 Å². The molecule has 28 heavy (non-hydrogen) atoms. The predicted molar refractivity (Wildman–Crippen MR) is 109 cm³/mol. The number of benzene rings is 1. The number of carbonyl (C=O) groups is 2.